The van der Waals surface area contributed by atoms with E-state index in [4.69, 9.17) is 10.5 Å². The number of ether oxygens (including phenoxy) is 1. The monoisotopic (exact) mass is 490 g/mol. The fraction of sp³-hybridized carbons (Fsp3) is 0.560. The first-order chi connectivity index (χ1) is 16.9. The molecule has 3 atom stereocenters. The molecule has 7 N–H and O–H groups in total. The number of hydrogen-bond donors (Lipinski definition) is 6. The van der Waals surface area contributed by atoms with Crippen molar-refractivity contribution < 1.29 is 29.4 Å². The molecular formula is C25H40N5O5+. The minimum absolute atomic E-state index is 0.0330. The zero-order chi connectivity index (χ0) is 25.6. The molecule has 10 heteroatoms. The van der Waals surface area contributed by atoms with E-state index in [0.717, 1.165) is 31.6 Å². The topological polar surface area (TPSA) is 151 Å². The number of phenols is 1. The molecule has 10 nitrogen and oxygen atoms in total. The Hall–Kier alpha value is -3.11. The number of aliphatic hydroxyl groups is 1. The number of phenolic OH excluding ortho intramolecular Hbond substituents is 1. The second kappa shape index (κ2) is 15.0. The van der Waals surface area contributed by atoms with E-state index in [9.17, 15) is 19.8 Å². The van der Waals surface area contributed by atoms with Crippen LogP contribution in [0.2, 0.25) is 0 Å². The lowest BCUT2D eigenvalue weighted by Gasteiger charge is -2.21. The first-order valence-corrected chi connectivity index (χ1v) is 12.1. The Morgan fingerprint density at radius 3 is 2.69 bits per heavy atom. The van der Waals surface area contributed by atoms with Gasteiger partial charge >= 0.3 is 0 Å². The summed E-state index contributed by atoms with van der Waals surface area (Å²) in [5.74, 6) is -0.381. The Bertz CT molecular complexity index is 889. The average molecular weight is 491 g/mol. The highest BCUT2D eigenvalue weighted by atomic mass is 16.5. The standard InChI is InChI=1S/C25H39N5O5/c1-27-25(26)29-19(10-13-30-14-12-28-17-30)4-3-5-21(32)20(11-15-31)22(33)8-6-18-7-9-23(34)24(16-18)35-2/h7,9,12,14,16,19-20,28,31,34H,3-6,8,10-11,13,15,17H2,1-2H3,(H3,26,27,29)/p+1/t19-,20-/m1/s1. The van der Waals surface area contributed by atoms with Crippen molar-refractivity contribution in [3.05, 3.63) is 36.2 Å². The van der Waals surface area contributed by atoms with Crippen molar-refractivity contribution in [2.75, 3.05) is 34.0 Å². The number of aromatic hydroxyl groups is 1. The molecule has 1 heterocycles. The number of hydrogen-bond acceptors (Lipinski definition) is 7. The van der Waals surface area contributed by atoms with Crippen LogP contribution in [0.4, 0.5) is 0 Å². The van der Waals surface area contributed by atoms with Gasteiger partial charge in [0, 0.05) is 39.0 Å². The van der Waals surface area contributed by atoms with Crippen LogP contribution < -0.4 is 26.0 Å². The lowest BCUT2D eigenvalue weighted by molar-refractivity contribution is -0.843. The van der Waals surface area contributed by atoms with Gasteiger partial charge in [-0.3, -0.25) is 19.5 Å². The number of benzene rings is 1. The van der Waals surface area contributed by atoms with Crippen LogP contribution in [0.3, 0.4) is 0 Å². The van der Waals surface area contributed by atoms with Crippen LogP contribution in [0, 0.1) is 5.92 Å². The number of guanidine groups is 1. The van der Waals surface area contributed by atoms with E-state index in [1.807, 2.05) is 6.20 Å². The number of ketones is 2. The summed E-state index contributed by atoms with van der Waals surface area (Å²) in [7, 11) is 3.09. The van der Waals surface area contributed by atoms with Crippen molar-refractivity contribution in [1.82, 2.24) is 10.6 Å². The van der Waals surface area contributed by atoms with Gasteiger partial charge in [-0.25, -0.2) is 0 Å². The van der Waals surface area contributed by atoms with Crippen LogP contribution in [0.5, 0.6) is 11.5 Å². The van der Waals surface area contributed by atoms with Gasteiger partial charge in [-0.15, -0.1) is 0 Å². The van der Waals surface area contributed by atoms with Crippen molar-refractivity contribution in [1.29, 1.82) is 0 Å². The van der Waals surface area contributed by atoms with Crippen molar-refractivity contribution in [2.24, 2.45) is 16.6 Å². The molecule has 0 saturated carbocycles. The zero-order valence-electron chi connectivity index (χ0n) is 20.8. The predicted molar refractivity (Wildman–Crippen MR) is 134 cm³/mol. The van der Waals surface area contributed by atoms with Crippen molar-refractivity contribution in [2.45, 2.75) is 51.0 Å². The van der Waals surface area contributed by atoms with E-state index >= 15 is 0 Å². The smallest absolute Gasteiger partial charge is 0.188 e. The molecule has 194 valence electrons. The zero-order valence-corrected chi connectivity index (χ0v) is 20.8. The Morgan fingerprint density at radius 1 is 1.26 bits per heavy atom. The summed E-state index contributed by atoms with van der Waals surface area (Å²) >= 11 is 0. The van der Waals surface area contributed by atoms with E-state index < -0.39 is 5.92 Å². The van der Waals surface area contributed by atoms with Crippen LogP contribution in [0.25, 0.3) is 0 Å². The Morgan fingerprint density at radius 2 is 2.03 bits per heavy atom. The minimum atomic E-state index is -0.807. The molecule has 1 aliphatic rings. The fourth-order valence-corrected chi connectivity index (χ4v) is 4.17. The highest BCUT2D eigenvalue weighted by Crippen LogP contribution is 2.27. The van der Waals surface area contributed by atoms with Gasteiger partial charge in [0.15, 0.2) is 24.1 Å². The number of quaternary nitrogens is 1. The third-order valence-electron chi connectivity index (χ3n) is 6.25. The molecule has 1 aromatic carbocycles. The highest BCUT2D eigenvalue weighted by molar-refractivity contribution is 6.02. The third kappa shape index (κ3) is 9.58. The maximum atomic E-state index is 12.9. The third-order valence-corrected chi connectivity index (χ3v) is 6.25. The molecule has 0 radical (unpaired) electrons. The summed E-state index contributed by atoms with van der Waals surface area (Å²) in [6.07, 6.45) is 7.22. The number of carbonyl (C=O) groups excluding carboxylic acids is 2. The van der Waals surface area contributed by atoms with Crippen molar-refractivity contribution in [3.8, 4) is 11.5 Å². The number of carbonyl (C=O) groups is 2. The molecule has 0 bridgehead atoms. The van der Waals surface area contributed by atoms with Gasteiger partial charge in [0.05, 0.1) is 25.8 Å². The second-order valence-electron chi connectivity index (χ2n) is 8.76. The van der Waals surface area contributed by atoms with Gasteiger partial charge in [-0.05, 0) is 43.4 Å². The van der Waals surface area contributed by atoms with E-state index in [1.165, 1.54) is 18.1 Å². The molecular weight excluding hydrogens is 450 g/mol. The van der Waals surface area contributed by atoms with E-state index in [-0.39, 0.29) is 49.2 Å². The molecule has 0 amide bonds. The van der Waals surface area contributed by atoms with Gasteiger partial charge in [0.1, 0.15) is 17.8 Å². The maximum Gasteiger partial charge on any atom is 0.188 e. The van der Waals surface area contributed by atoms with E-state index in [2.05, 4.69) is 21.8 Å². The molecule has 0 saturated heterocycles. The quantitative estimate of drug-likeness (QED) is 0.106. The molecule has 1 aliphatic heterocycles. The van der Waals surface area contributed by atoms with Crippen LogP contribution in [0.1, 0.15) is 44.1 Å². The van der Waals surface area contributed by atoms with Gasteiger partial charge < -0.3 is 31.3 Å². The number of nitrogens with zero attached hydrogens (tertiary/aromatic N) is 1. The fourth-order valence-electron chi connectivity index (χ4n) is 4.17. The first kappa shape index (κ1) is 28.1. The van der Waals surface area contributed by atoms with Gasteiger partial charge in [-0.1, -0.05) is 6.07 Å². The maximum absolute atomic E-state index is 12.9. The molecule has 0 aliphatic carbocycles. The predicted octanol–water partition coefficient (Wildman–Crippen LogP) is -0.150. The summed E-state index contributed by atoms with van der Waals surface area (Å²) < 4.78 is 5.11. The molecule has 1 aromatic rings. The molecule has 2 rings (SSSR count). The van der Waals surface area contributed by atoms with E-state index in [1.54, 1.807) is 19.2 Å². The van der Waals surface area contributed by atoms with Gasteiger partial charge in [-0.2, -0.15) is 0 Å². The van der Waals surface area contributed by atoms with Crippen LogP contribution in [-0.2, 0) is 16.0 Å². The van der Waals surface area contributed by atoms with Crippen LogP contribution >= 0.6 is 0 Å². The summed E-state index contributed by atoms with van der Waals surface area (Å²) in [5.41, 5.74) is 6.70. The van der Waals surface area contributed by atoms with Gasteiger partial charge in [0.2, 0.25) is 0 Å². The van der Waals surface area contributed by atoms with Crippen molar-refractivity contribution >= 4 is 17.5 Å². The number of rotatable bonds is 16. The summed E-state index contributed by atoms with van der Waals surface area (Å²) in [4.78, 5) is 31.0. The normalized spacial score (nSPS) is 17.0. The summed E-state index contributed by atoms with van der Waals surface area (Å²) in [5, 5.41) is 25.5. The molecule has 0 fully saturated rings. The van der Waals surface area contributed by atoms with E-state index in [0.29, 0.717) is 24.6 Å². The number of nitrogens with two attached hydrogens (primary N) is 1. The average Bonchev–Trinajstić information content (AvgIpc) is 3.38. The molecule has 0 aromatic heterocycles. The SMILES string of the molecule is CN=C(N)N[C@H](CCCC(=O)[C@@H](CCO)C(=O)CCc1ccc(O)c(OC)c1)CC[NH+]1C=CNC1. The minimum Gasteiger partial charge on any atom is -0.504 e. The Kier molecular flexibility index (Phi) is 12.1. The summed E-state index contributed by atoms with van der Waals surface area (Å²) in [6.45, 7) is 1.55. The Labute approximate surface area is 207 Å². The van der Waals surface area contributed by atoms with Crippen molar-refractivity contribution in [3.63, 3.8) is 0 Å². The lowest BCUT2D eigenvalue weighted by atomic mass is 9.89. The molecule has 35 heavy (non-hydrogen) atoms. The Balaban J connectivity index is 1.87. The van der Waals surface area contributed by atoms with Crippen LogP contribution in [-0.4, -0.2) is 67.8 Å². The molecule has 1 unspecified atom stereocenters. The highest BCUT2D eigenvalue weighted by Gasteiger charge is 2.25. The number of Topliss-reactive ketones (excluding diaryl/α,β-unsaturated/α-hetero) is 2. The number of aliphatic hydroxyl groups excluding tert-OH is 1. The van der Waals surface area contributed by atoms with Crippen LogP contribution in [0.15, 0.2) is 35.6 Å². The number of aliphatic imine (C=N–C) groups is 1. The summed E-state index contributed by atoms with van der Waals surface area (Å²) in [6, 6.07) is 5.00. The number of methoxy groups -OCH3 is 1. The lowest BCUT2D eigenvalue weighted by Crippen LogP contribution is -3.07. The first-order valence-electron chi connectivity index (χ1n) is 12.1. The number of aryl methyl sites for hydroxylation is 1. The van der Waals surface area contributed by atoms with Gasteiger partial charge in [0.25, 0.3) is 0 Å². The second-order valence-corrected chi connectivity index (χ2v) is 8.76. The largest absolute Gasteiger partial charge is 0.504 e. The number of nitrogens with one attached hydrogen (secondary N) is 3. The molecule has 0 spiro atoms.